The summed E-state index contributed by atoms with van der Waals surface area (Å²) < 4.78 is 40.0. The van der Waals surface area contributed by atoms with E-state index in [1.54, 1.807) is 12.1 Å². The van der Waals surface area contributed by atoms with Crippen LogP contribution >= 0.6 is 0 Å². The number of hydrogen-bond acceptors (Lipinski definition) is 5. The highest BCUT2D eigenvalue weighted by atomic mass is 32.2. The van der Waals surface area contributed by atoms with Gasteiger partial charge in [0.05, 0.1) is 9.82 Å². The minimum Gasteiger partial charge on any atom is -0.294 e. The Morgan fingerprint density at radius 1 is 1.00 bits per heavy atom. The predicted octanol–water partition coefficient (Wildman–Crippen LogP) is 2.80. The SMILES string of the molecule is C[C@H](c1ccc(F)cc1)N1CCN(S(=O)(=O)c2ccc([N+](=O)[O-])cc2)CC1. The molecule has 1 saturated heterocycles. The van der Waals surface area contributed by atoms with Gasteiger partial charge in [0.15, 0.2) is 0 Å². The Bertz CT molecular complexity index is 909. The molecule has 3 rings (SSSR count). The quantitative estimate of drug-likeness (QED) is 0.576. The highest BCUT2D eigenvalue weighted by Crippen LogP contribution is 2.25. The minimum absolute atomic E-state index is 0.0492. The summed E-state index contributed by atoms with van der Waals surface area (Å²) in [5.74, 6) is -0.287. The number of nitrogens with zero attached hydrogens (tertiary/aromatic N) is 3. The Morgan fingerprint density at radius 2 is 1.56 bits per heavy atom. The standard InChI is InChI=1S/C18H20FN3O4S/c1-14(15-2-4-16(19)5-3-15)20-10-12-21(13-11-20)27(25,26)18-8-6-17(7-9-18)22(23)24/h2-9,14H,10-13H2,1H3/t14-/m1/s1. The Morgan fingerprint density at radius 3 is 2.07 bits per heavy atom. The van der Waals surface area contributed by atoms with Crippen LogP contribution in [0.25, 0.3) is 0 Å². The average Bonchev–Trinajstić information content (AvgIpc) is 2.68. The number of nitro benzene ring substituents is 1. The second kappa shape index (κ2) is 7.71. The first-order valence-corrected chi connectivity index (χ1v) is 9.97. The summed E-state index contributed by atoms with van der Waals surface area (Å²) >= 11 is 0. The molecule has 9 heteroatoms. The lowest BCUT2D eigenvalue weighted by Crippen LogP contribution is -2.49. The monoisotopic (exact) mass is 393 g/mol. The Hall–Kier alpha value is -2.36. The van der Waals surface area contributed by atoms with E-state index in [4.69, 9.17) is 0 Å². The van der Waals surface area contributed by atoms with Crippen molar-refractivity contribution in [1.29, 1.82) is 0 Å². The fraction of sp³-hybridized carbons (Fsp3) is 0.333. The molecule has 0 saturated carbocycles. The fourth-order valence-corrected chi connectivity index (χ4v) is 4.59. The van der Waals surface area contributed by atoms with Crippen molar-refractivity contribution in [3.05, 3.63) is 70.0 Å². The zero-order chi connectivity index (χ0) is 19.6. The molecule has 1 atom stereocenters. The van der Waals surface area contributed by atoms with Crippen LogP contribution in [-0.2, 0) is 10.0 Å². The summed E-state index contributed by atoms with van der Waals surface area (Å²) in [6.45, 7) is 3.75. The molecule has 0 aliphatic carbocycles. The van der Waals surface area contributed by atoms with Crippen LogP contribution in [0.15, 0.2) is 53.4 Å². The van der Waals surface area contributed by atoms with Crippen LogP contribution in [0, 0.1) is 15.9 Å². The molecule has 0 aromatic heterocycles. The first kappa shape index (κ1) is 19.4. The molecule has 1 aliphatic rings. The lowest BCUT2D eigenvalue weighted by atomic mass is 10.1. The number of benzene rings is 2. The lowest BCUT2D eigenvalue weighted by molar-refractivity contribution is -0.384. The van der Waals surface area contributed by atoms with Crippen molar-refractivity contribution in [3.63, 3.8) is 0 Å². The van der Waals surface area contributed by atoms with E-state index in [-0.39, 0.29) is 22.4 Å². The Kier molecular flexibility index (Phi) is 5.54. The van der Waals surface area contributed by atoms with Crippen LogP contribution in [-0.4, -0.2) is 48.7 Å². The first-order chi connectivity index (χ1) is 12.8. The van der Waals surface area contributed by atoms with Gasteiger partial charge in [0.2, 0.25) is 10.0 Å². The normalized spacial score (nSPS) is 17.6. The minimum atomic E-state index is -3.69. The van der Waals surface area contributed by atoms with Crippen molar-refractivity contribution in [1.82, 2.24) is 9.21 Å². The van der Waals surface area contributed by atoms with E-state index in [0.717, 1.165) is 5.56 Å². The van der Waals surface area contributed by atoms with Gasteiger partial charge in [0, 0.05) is 44.4 Å². The molecule has 0 spiro atoms. The molecule has 2 aromatic carbocycles. The third kappa shape index (κ3) is 4.15. The molecule has 0 bridgehead atoms. The van der Waals surface area contributed by atoms with Crippen molar-refractivity contribution in [3.8, 4) is 0 Å². The molecule has 0 unspecified atom stereocenters. The van der Waals surface area contributed by atoms with E-state index in [1.165, 1.54) is 40.7 Å². The first-order valence-electron chi connectivity index (χ1n) is 8.53. The van der Waals surface area contributed by atoms with Crippen molar-refractivity contribution >= 4 is 15.7 Å². The van der Waals surface area contributed by atoms with Gasteiger partial charge < -0.3 is 0 Å². The fourth-order valence-electron chi connectivity index (χ4n) is 3.17. The highest BCUT2D eigenvalue weighted by molar-refractivity contribution is 7.89. The summed E-state index contributed by atoms with van der Waals surface area (Å²) in [4.78, 5) is 12.4. The molecule has 0 amide bonds. The molecule has 1 aliphatic heterocycles. The summed E-state index contributed by atoms with van der Waals surface area (Å²) in [5.41, 5.74) is 0.829. The van der Waals surface area contributed by atoms with Crippen LogP contribution in [0.4, 0.5) is 10.1 Å². The van der Waals surface area contributed by atoms with E-state index in [0.29, 0.717) is 26.2 Å². The van der Waals surface area contributed by atoms with Crippen molar-refractivity contribution in [2.45, 2.75) is 17.9 Å². The predicted molar refractivity (Wildman–Crippen MR) is 98.2 cm³/mol. The zero-order valence-corrected chi connectivity index (χ0v) is 15.6. The molecule has 1 heterocycles. The van der Waals surface area contributed by atoms with Gasteiger partial charge in [0.25, 0.3) is 5.69 Å². The second-order valence-corrected chi connectivity index (χ2v) is 8.36. The number of non-ortho nitro benzene ring substituents is 1. The topological polar surface area (TPSA) is 83.8 Å². The Labute approximate surface area is 157 Å². The lowest BCUT2D eigenvalue weighted by Gasteiger charge is -2.37. The van der Waals surface area contributed by atoms with Crippen molar-refractivity contribution in [2.24, 2.45) is 0 Å². The van der Waals surface area contributed by atoms with E-state index in [2.05, 4.69) is 4.90 Å². The van der Waals surface area contributed by atoms with E-state index in [1.807, 2.05) is 6.92 Å². The molecule has 27 heavy (non-hydrogen) atoms. The van der Waals surface area contributed by atoms with Gasteiger partial charge in [0.1, 0.15) is 5.82 Å². The molecular weight excluding hydrogens is 373 g/mol. The van der Waals surface area contributed by atoms with Crippen LogP contribution in [0.5, 0.6) is 0 Å². The van der Waals surface area contributed by atoms with Gasteiger partial charge in [-0.15, -0.1) is 0 Å². The number of piperazine rings is 1. The molecular formula is C18H20FN3O4S. The largest absolute Gasteiger partial charge is 0.294 e. The van der Waals surface area contributed by atoms with Gasteiger partial charge >= 0.3 is 0 Å². The molecule has 144 valence electrons. The van der Waals surface area contributed by atoms with Crippen LogP contribution in [0.3, 0.4) is 0 Å². The number of nitro groups is 1. The van der Waals surface area contributed by atoms with E-state index >= 15 is 0 Å². The van der Waals surface area contributed by atoms with Crippen LogP contribution < -0.4 is 0 Å². The highest BCUT2D eigenvalue weighted by Gasteiger charge is 2.30. The summed E-state index contributed by atoms with van der Waals surface area (Å²) in [6.07, 6.45) is 0. The molecule has 2 aromatic rings. The van der Waals surface area contributed by atoms with Gasteiger partial charge in [-0.25, -0.2) is 12.8 Å². The molecule has 1 fully saturated rings. The zero-order valence-electron chi connectivity index (χ0n) is 14.8. The Balaban J connectivity index is 1.67. The summed E-state index contributed by atoms with van der Waals surface area (Å²) in [7, 11) is -3.69. The number of hydrogen-bond donors (Lipinski definition) is 0. The summed E-state index contributed by atoms with van der Waals surface area (Å²) in [6, 6.07) is 11.3. The number of rotatable bonds is 5. The van der Waals surface area contributed by atoms with Crippen molar-refractivity contribution < 1.29 is 17.7 Å². The molecule has 0 N–H and O–H groups in total. The van der Waals surface area contributed by atoms with Gasteiger partial charge in [-0.1, -0.05) is 12.1 Å². The second-order valence-electron chi connectivity index (χ2n) is 6.42. The van der Waals surface area contributed by atoms with Gasteiger partial charge in [-0.05, 0) is 36.8 Å². The van der Waals surface area contributed by atoms with Gasteiger partial charge in [-0.3, -0.25) is 15.0 Å². The smallest absolute Gasteiger partial charge is 0.269 e. The number of sulfonamides is 1. The van der Waals surface area contributed by atoms with Crippen LogP contribution in [0.1, 0.15) is 18.5 Å². The maximum Gasteiger partial charge on any atom is 0.269 e. The maximum absolute atomic E-state index is 13.1. The third-order valence-electron chi connectivity index (χ3n) is 4.86. The molecule has 7 nitrogen and oxygen atoms in total. The maximum atomic E-state index is 13.1. The number of halogens is 1. The van der Waals surface area contributed by atoms with Crippen molar-refractivity contribution in [2.75, 3.05) is 26.2 Å². The van der Waals surface area contributed by atoms with E-state index < -0.39 is 14.9 Å². The average molecular weight is 393 g/mol. The van der Waals surface area contributed by atoms with E-state index in [9.17, 15) is 22.9 Å². The van der Waals surface area contributed by atoms with Gasteiger partial charge in [-0.2, -0.15) is 4.31 Å². The van der Waals surface area contributed by atoms with Crippen LogP contribution in [0.2, 0.25) is 0 Å². The molecule has 0 radical (unpaired) electrons. The summed E-state index contributed by atoms with van der Waals surface area (Å²) in [5, 5.41) is 10.7. The third-order valence-corrected chi connectivity index (χ3v) is 6.77.